The summed E-state index contributed by atoms with van der Waals surface area (Å²) < 4.78 is 10.7. The molecule has 1 N–H and O–H groups in total. The average molecular weight is 623 g/mol. The molecule has 3 amide bonds. The summed E-state index contributed by atoms with van der Waals surface area (Å²) in [4.78, 5) is 67.9. The van der Waals surface area contributed by atoms with Crippen molar-refractivity contribution in [3.8, 4) is 0 Å². The Hall–Kier alpha value is -4.79. The van der Waals surface area contributed by atoms with Gasteiger partial charge in [-0.25, -0.2) is 9.59 Å². The van der Waals surface area contributed by atoms with Gasteiger partial charge in [0.2, 0.25) is 11.8 Å². The van der Waals surface area contributed by atoms with Crippen LogP contribution >= 0.6 is 0 Å². The molecule has 7 rings (SSSR count). The minimum absolute atomic E-state index is 0.210. The Morgan fingerprint density at radius 1 is 0.783 bits per heavy atom. The first-order valence-corrected chi connectivity index (χ1v) is 16.0. The van der Waals surface area contributed by atoms with Gasteiger partial charge in [-0.05, 0) is 58.9 Å². The predicted molar refractivity (Wildman–Crippen MR) is 170 cm³/mol. The molecule has 3 aliphatic carbocycles. The molecule has 46 heavy (non-hydrogen) atoms. The second-order valence-electron chi connectivity index (χ2n) is 12.7. The van der Waals surface area contributed by atoms with Crippen molar-refractivity contribution in [3.63, 3.8) is 0 Å². The summed E-state index contributed by atoms with van der Waals surface area (Å²) in [7, 11) is 0. The van der Waals surface area contributed by atoms with Crippen molar-refractivity contribution in [1.29, 1.82) is 0 Å². The number of ether oxygens (including phenoxy) is 2. The van der Waals surface area contributed by atoms with Gasteiger partial charge in [-0.15, -0.1) is 0 Å². The van der Waals surface area contributed by atoms with E-state index in [1.54, 1.807) is 24.3 Å². The maximum Gasteiger partial charge on any atom is 0.338 e. The molecule has 3 aromatic rings. The monoisotopic (exact) mass is 622 g/mol. The molecule has 1 saturated heterocycles. The number of nitrogens with one attached hydrogen (secondary N) is 1. The van der Waals surface area contributed by atoms with Crippen LogP contribution in [0.4, 0.5) is 5.69 Å². The molecule has 238 valence electrons. The third-order valence-corrected chi connectivity index (χ3v) is 9.20. The van der Waals surface area contributed by atoms with Crippen LogP contribution in [-0.4, -0.2) is 53.8 Å². The molecule has 1 heterocycles. The lowest BCUT2D eigenvalue weighted by Crippen LogP contribution is -2.47. The van der Waals surface area contributed by atoms with Crippen molar-refractivity contribution in [2.45, 2.75) is 57.9 Å². The number of esters is 2. The van der Waals surface area contributed by atoms with Crippen LogP contribution in [0.5, 0.6) is 0 Å². The van der Waals surface area contributed by atoms with Crippen molar-refractivity contribution in [2.75, 3.05) is 18.5 Å². The highest BCUT2D eigenvalue weighted by molar-refractivity contribution is 6.10. The molecule has 0 saturated carbocycles. The first-order valence-electron chi connectivity index (χ1n) is 16.0. The van der Waals surface area contributed by atoms with Gasteiger partial charge < -0.3 is 14.8 Å². The highest BCUT2D eigenvalue weighted by Crippen LogP contribution is 2.61. The number of nitrogens with zero attached hydrogens (tertiary/aromatic N) is 1. The number of unbranched alkanes of at least 4 members (excludes halogenated alkanes) is 1. The lowest BCUT2D eigenvalue weighted by molar-refractivity contribution is -0.160. The number of hydrogen-bond acceptors (Lipinski definition) is 7. The molecule has 3 aromatic carbocycles. The molecule has 2 bridgehead atoms. The third-order valence-electron chi connectivity index (χ3n) is 9.20. The van der Waals surface area contributed by atoms with Crippen LogP contribution in [0.1, 0.15) is 84.5 Å². The fourth-order valence-electron chi connectivity index (χ4n) is 7.20. The predicted octanol–water partition coefficient (Wildman–Crippen LogP) is 5.43. The van der Waals surface area contributed by atoms with Crippen molar-refractivity contribution in [1.82, 2.24) is 4.90 Å². The Bertz CT molecular complexity index is 1570. The number of amides is 3. The van der Waals surface area contributed by atoms with Gasteiger partial charge in [0, 0.05) is 17.5 Å². The normalized spacial score (nSPS) is 21.3. The number of likely N-dealkylation sites (tertiary alicyclic amines) is 1. The summed E-state index contributed by atoms with van der Waals surface area (Å²) >= 11 is 0. The van der Waals surface area contributed by atoms with E-state index in [1.807, 2.05) is 69.3 Å². The largest absolute Gasteiger partial charge is 0.462 e. The van der Waals surface area contributed by atoms with E-state index >= 15 is 0 Å². The van der Waals surface area contributed by atoms with E-state index in [9.17, 15) is 24.0 Å². The molecular formula is C37H38N2O7. The van der Waals surface area contributed by atoms with Crippen LogP contribution in [0.25, 0.3) is 0 Å². The van der Waals surface area contributed by atoms with Crippen LogP contribution in [0, 0.1) is 17.8 Å². The quantitative estimate of drug-likeness (QED) is 0.224. The number of anilines is 1. The van der Waals surface area contributed by atoms with Gasteiger partial charge >= 0.3 is 11.9 Å². The third kappa shape index (κ3) is 5.59. The molecule has 1 fully saturated rings. The first-order chi connectivity index (χ1) is 22.2. The first kappa shape index (κ1) is 31.2. The number of rotatable bonds is 11. The van der Waals surface area contributed by atoms with Crippen LogP contribution in [-0.2, 0) is 28.7 Å². The highest BCUT2D eigenvalue weighted by Gasteiger charge is 2.63. The summed E-state index contributed by atoms with van der Waals surface area (Å²) in [6.45, 7) is 5.57. The van der Waals surface area contributed by atoms with Crippen molar-refractivity contribution in [3.05, 3.63) is 101 Å². The molecule has 9 nitrogen and oxygen atoms in total. The van der Waals surface area contributed by atoms with Crippen molar-refractivity contribution >= 4 is 35.3 Å². The molecule has 4 aliphatic rings. The topological polar surface area (TPSA) is 119 Å². The zero-order valence-corrected chi connectivity index (χ0v) is 26.2. The number of carbonyl (C=O) groups is 5. The summed E-state index contributed by atoms with van der Waals surface area (Å²) in [6.07, 6.45) is 1.59. The lowest BCUT2D eigenvalue weighted by atomic mass is 9.55. The number of imide groups is 1. The molecular weight excluding hydrogens is 584 g/mol. The SMILES string of the molecule is CCCC[C@@H](C(=O)OCC(=O)Nc1ccc(C(=O)OCC(C)C)cc1)N1C(=O)[C@@H]2C3c4ccccc4C(c4ccccc43)[C@@H]2C1=O. The standard InChI is InChI=1S/C37H38N2O7/c1-4-5-14-28(37(44)46-20-29(40)38-23-17-15-22(16-18-23)36(43)45-19-21(2)3)39-34(41)32-30-24-10-6-7-11-25(24)31(33(32)35(39)42)27-13-9-8-12-26(27)30/h6-13,15-18,21,28,30-33H,4-5,14,19-20H2,1-3H3,(H,38,40)/t28-,30?,31?,32-,33+/m0/s1. The second kappa shape index (κ2) is 12.9. The van der Waals surface area contributed by atoms with E-state index in [1.165, 1.54) is 0 Å². The van der Waals surface area contributed by atoms with Gasteiger partial charge in [-0.2, -0.15) is 0 Å². The Balaban J connectivity index is 1.16. The van der Waals surface area contributed by atoms with Crippen molar-refractivity contribution in [2.24, 2.45) is 17.8 Å². The second-order valence-corrected chi connectivity index (χ2v) is 12.7. The molecule has 0 radical (unpaired) electrons. The van der Waals surface area contributed by atoms with Gasteiger partial charge in [0.25, 0.3) is 5.91 Å². The fraction of sp³-hybridized carbons (Fsp3) is 0.378. The van der Waals surface area contributed by atoms with E-state index in [2.05, 4.69) is 5.32 Å². The Morgan fingerprint density at radius 3 is 1.78 bits per heavy atom. The fourth-order valence-corrected chi connectivity index (χ4v) is 7.20. The van der Waals surface area contributed by atoms with Crippen LogP contribution in [0.2, 0.25) is 0 Å². The summed E-state index contributed by atoms with van der Waals surface area (Å²) in [6, 6.07) is 21.0. The lowest BCUT2D eigenvalue weighted by Gasteiger charge is -2.45. The summed E-state index contributed by atoms with van der Waals surface area (Å²) in [5, 5.41) is 2.65. The Labute approximate surface area is 268 Å². The van der Waals surface area contributed by atoms with Gasteiger partial charge in [0.1, 0.15) is 6.04 Å². The average Bonchev–Trinajstić information content (AvgIpc) is 3.32. The van der Waals surface area contributed by atoms with Crippen LogP contribution in [0.15, 0.2) is 72.8 Å². The Morgan fingerprint density at radius 2 is 1.30 bits per heavy atom. The maximum atomic E-state index is 14.2. The summed E-state index contributed by atoms with van der Waals surface area (Å²) in [5.74, 6) is -4.09. The van der Waals surface area contributed by atoms with Crippen LogP contribution < -0.4 is 5.32 Å². The maximum absolute atomic E-state index is 14.2. The van der Waals surface area contributed by atoms with Crippen LogP contribution in [0.3, 0.4) is 0 Å². The molecule has 0 unspecified atom stereocenters. The van der Waals surface area contributed by atoms with Gasteiger partial charge in [0.05, 0.1) is 24.0 Å². The zero-order chi connectivity index (χ0) is 32.5. The van der Waals surface area contributed by atoms with E-state index in [0.29, 0.717) is 24.3 Å². The zero-order valence-electron chi connectivity index (χ0n) is 26.2. The van der Waals surface area contributed by atoms with Gasteiger partial charge in [0.15, 0.2) is 6.61 Å². The smallest absolute Gasteiger partial charge is 0.338 e. The van der Waals surface area contributed by atoms with E-state index in [4.69, 9.17) is 9.47 Å². The molecule has 3 atom stereocenters. The highest BCUT2D eigenvalue weighted by atomic mass is 16.5. The van der Waals surface area contributed by atoms with E-state index < -0.39 is 42.3 Å². The number of benzene rings is 3. The molecule has 9 heteroatoms. The summed E-state index contributed by atoms with van der Waals surface area (Å²) in [5.41, 5.74) is 4.98. The number of carbonyl (C=O) groups excluding carboxylic acids is 5. The van der Waals surface area contributed by atoms with E-state index in [-0.39, 0.29) is 36.0 Å². The number of hydrogen-bond donors (Lipinski definition) is 1. The molecule has 1 aliphatic heterocycles. The van der Waals surface area contributed by atoms with Gasteiger partial charge in [-0.3, -0.25) is 19.3 Å². The Kier molecular flexibility index (Phi) is 8.75. The molecule has 0 spiro atoms. The van der Waals surface area contributed by atoms with Crippen molar-refractivity contribution < 1.29 is 33.4 Å². The van der Waals surface area contributed by atoms with E-state index in [0.717, 1.165) is 33.6 Å². The molecule has 0 aromatic heterocycles. The minimum atomic E-state index is -1.12. The van der Waals surface area contributed by atoms with Gasteiger partial charge in [-0.1, -0.05) is 82.1 Å². The minimum Gasteiger partial charge on any atom is -0.462 e.